The minimum absolute atomic E-state index is 0.917. The Morgan fingerprint density at radius 1 is 1.10 bits per heavy atom. The average molecular weight is 136 g/mol. The van der Waals surface area contributed by atoms with E-state index in [0.29, 0.717) is 0 Å². The normalized spacial score (nSPS) is 7.70. The largest absolute Gasteiger partial charge is 0.103 e. The fourth-order valence-corrected chi connectivity index (χ4v) is 0.254. The van der Waals surface area contributed by atoms with Crippen molar-refractivity contribution in [1.82, 2.24) is 0 Å². The smallest absolute Gasteiger partial charge is 0.0175 e. The number of allylic oxidation sites excluding steroid dienone is 5. The van der Waals surface area contributed by atoms with E-state index in [1.54, 1.807) is 6.08 Å². The molecule has 56 valence electrons. The van der Waals surface area contributed by atoms with Crippen molar-refractivity contribution in [3.63, 3.8) is 0 Å². The van der Waals surface area contributed by atoms with Gasteiger partial charge in [0.25, 0.3) is 0 Å². The van der Waals surface area contributed by atoms with Crippen LogP contribution in [-0.4, -0.2) is 0 Å². The van der Waals surface area contributed by atoms with E-state index < -0.39 is 0 Å². The predicted molar refractivity (Wildman–Crippen MR) is 50.0 cm³/mol. The van der Waals surface area contributed by atoms with Crippen LogP contribution in [0.4, 0.5) is 0 Å². The first-order valence-corrected chi connectivity index (χ1v) is 3.29. The standard InChI is InChI=1S/2C5H8/c2*1-3-5-4-2/h3-5H,1H2,2H3;3-4H,1-2,5H2. The number of hydrogen-bond acceptors (Lipinski definition) is 0. The number of hydrogen-bond donors (Lipinski definition) is 0. The fourth-order valence-electron chi connectivity index (χ4n) is 0.254. The van der Waals surface area contributed by atoms with Gasteiger partial charge in [-0.3, -0.25) is 0 Å². The summed E-state index contributed by atoms with van der Waals surface area (Å²) in [7, 11) is 0. The van der Waals surface area contributed by atoms with Crippen molar-refractivity contribution in [3.05, 3.63) is 50.1 Å². The molecular weight excluding hydrogens is 120 g/mol. The Morgan fingerprint density at radius 3 is 1.60 bits per heavy atom. The molecule has 0 radical (unpaired) electrons. The Balaban J connectivity index is 0. The first kappa shape index (κ1) is 11.7. The highest BCUT2D eigenvalue weighted by Gasteiger charge is 1.52. The molecule has 0 aliphatic heterocycles. The summed E-state index contributed by atoms with van der Waals surface area (Å²) in [6.07, 6.45) is 10.1. The van der Waals surface area contributed by atoms with Crippen molar-refractivity contribution in [2.24, 2.45) is 0 Å². The molecule has 0 fully saturated rings. The summed E-state index contributed by atoms with van der Waals surface area (Å²) < 4.78 is 0. The molecule has 0 saturated heterocycles. The van der Waals surface area contributed by atoms with Gasteiger partial charge in [0.15, 0.2) is 0 Å². The van der Waals surface area contributed by atoms with E-state index >= 15 is 0 Å². The van der Waals surface area contributed by atoms with Gasteiger partial charge in [0.2, 0.25) is 0 Å². The van der Waals surface area contributed by atoms with Gasteiger partial charge in [-0.2, -0.15) is 0 Å². The molecule has 0 amide bonds. The summed E-state index contributed by atoms with van der Waals surface area (Å²) in [5.41, 5.74) is 0. The van der Waals surface area contributed by atoms with Crippen LogP contribution in [0.2, 0.25) is 0 Å². The van der Waals surface area contributed by atoms with Gasteiger partial charge >= 0.3 is 0 Å². The van der Waals surface area contributed by atoms with E-state index in [4.69, 9.17) is 0 Å². The molecule has 0 nitrogen and oxygen atoms in total. The second kappa shape index (κ2) is 15.7. The molecule has 0 aliphatic carbocycles. The Kier molecular flexibility index (Phi) is 18.4. The lowest BCUT2D eigenvalue weighted by molar-refractivity contribution is 1.42. The van der Waals surface area contributed by atoms with E-state index in [1.807, 2.05) is 31.2 Å². The second-order valence-corrected chi connectivity index (χ2v) is 1.57. The monoisotopic (exact) mass is 136 g/mol. The molecule has 0 heteroatoms. The van der Waals surface area contributed by atoms with Gasteiger partial charge in [-0.1, -0.05) is 37.0 Å². The van der Waals surface area contributed by atoms with Crippen LogP contribution in [0.1, 0.15) is 13.3 Å². The maximum atomic E-state index is 3.48. The lowest BCUT2D eigenvalue weighted by atomic mass is 10.4. The summed E-state index contributed by atoms with van der Waals surface area (Å²) in [4.78, 5) is 0. The van der Waals surface area contributed by atoms with Gasteiger partial charge in [0.1, 0.15) is 0 Å². The van der Waals surface area contributed by atoms with Gasteiger partial charge < -0.3 is 0 Å². The zero-order valence-electron chi connectivity index (χ0n) is 6.72. The van der Waals surface area contributed by atoms with E-state index in [0.717, 1.165) is 6.42 Å². The van der Waals surface area contributed by atoms with Crippen LogP contribution in [0.3, 0.4) is 0 Å². The summed E-state index contributed by atoms with van der Waals surface area (Å²) >= 11 is 0. The highest BCUT2D eigenvalue weighted by atomic mass is 13.6. The molecule has 0 saturated carbocycles. The van der Waals surface area contributed by atoms with Crippen molar-refractivity contribution < 1.29 is 0 Å². The second-order valence-electron chi connectivity index (χ2n) is 1.57. The minimum atomic E-state index is 0.917. The average Bonchev–Trinajstić information content (AvgIpc) is 1.93. The molecule has 0 rings (SSSR count). The van der Waals surface area contributed by atoms with E-state index in [2.05, 4.69) is 19.7 Å². The molecule has 0 aromatic rings. The Hall–Kier alpha value is -1.04. The highest BCUT2D eigenvalue weighted by molar-refractivity contribution is 4.94. The molecule has 0 unspecified atom stereocenters. The molecular formula is C10H16. The van der Waals surface area contributed by atoms with Gasteiger partial charge in [-0.25, -0.2) is 0 Å². The molecule has 0 N–H and O–H groups in total. The lowest BCUT2D eigenvalue weighted by Crippen LogP contribution is -1.43. The fraction of sp³-hybridized carbons (Fsp3) is 0.200. The van der Waals surface area contributed by atoms with Gasteiger partial charge in [0.05, 0.1) is 0 Å². The van der Waals surface area contributed by atoms with E-state index in [1.165, 1.54) is 0 Å². The van der Waals surface area contributed by atoms with Crippen LogP contribution in [0, 0.1) is 0 Å². The van der Waals surface area contributed by atoms with Crippen LogP contribution in [0.5, 0.6) is 0 Å². The van der Waals surface area contributed by atoms with Crippen LogP contribution < -0.4 is 0 Å². The maximum absolute atomic E-state index is 3.48. The molecule has 10 heavy (non-hydrogen) atoms. The molecule has 0 heterocycles. The van der Waals surface area contributed by atoms with Crippen LogP contribution in [0.25, 0.3) is 0 Å². The Bertz CT molecular complexity index is 101. The van der Waals surface area contributed by atoms with Crippen molar-refractivity contribution in [3.8, 4) is 0 Å². The van der Waals surface area contributed by atoms with Crippen LogP contribution >= 0.6 is 0 Å². The molecule has 0 bridgehead atoms. The minimum Gasteiger partial charge on any atom is -0.103 e. The van der Waals surface area contributed by atoms with Gasteiger partial charge in [0, 0.05) is 0 Å². The quantitative estimate of drug-likeness (QED) is 0.411. The molecule has 0 aliphatic rings. The highest BCUT2D eigenvalue weighted by Crippen LogP contribution is 1.73. The molecule has 0 aromatic heterocycles. The van der Waals surface area contributed by atoms with Crippen molar-refractivity contribution in [1.29, 1.82) is 0 Å². The van der Waals surface area contributed by atoms with Gasteiger partial charge in [-0.15, -0.1) is 13.2 Å². The van der Waals surface area contributed by atoms with Gasteiger partial charge in [-0.05, 0) is 13.3 Å². The summed E-state index contributed by atoms with van der Waals surface area (Å²) in [6.45, 7) is 12.4. The third-order valence-corrected chi connectivity index (χ3v) is 0.662. The van der Waals surface area contributed by atoms with Crippen LogP contribution in [-0.2, 0) is 0 Å². The van der Waals surface area contributed by atoms with Crippen molar-refractivity contribution in [2.45, 2.75) is 13.3 Å². The van der Waals surface area contributed by atoms with Crippen molar-refractivity contribution in [2.75, 3.05) is 0 Å². The first-order valence-electron chi connectivity index (χ1n) is 3.29. The third kappa shape index (κ3) is 28.2. The van der Waals surface area contributed by atoms with E-state index in [-0.39, 0.29) is 0 Å². The van der Waals surface area contributed by atoms with E-state index in [9.17, 15) is 0 Å². The topological polar surface area (TPSA) is 0 Å². The summed E-state index contributed by atoms with van der Waals surface area (Å²) in [6, 6.07) is 0. The number of rotatable bonds is 3. The zero-order chi connectivity index (χ0) is 8.24. The summed E-state index contributed by atoms with van der Waals surface area (Å²) in [5, 5.41) is 0. The first-order chi connectivity index (χ1) is 4.83. The lowest BCUT2D eigenvalue weighted by Gasteiger charge is -1.64. The van der Waals surface area contributed by atoms with Crippen molar-refractivity contribution >= 4 is 0 Å². The van der Waals surface area contributed by atoms with Crippen LogP contribution in [0.15, 0.2) is 50.1 Å². The SMILES string of the molecule is C=CC=CC.C=CCC=C. The Morgan fingerprint density at radius 2 is 1.60 bits per heavy atom. The molecule has 0 atom stereocenters. The molecule has 0 aromatic carbocycles. The Labute approximate surface area is 64.3 Å². The third-order valence-electron chi connectivity index (χ3n) is 0.662. The predicted octanol–water partition coefficient (Wildman–Crippen LogP) is 3.50. The molecule has 0 spiro atoms. The maximum Gasteiger partial charge on any atom is -0.0175 e. The summed E-state index contributed by atoms with van der Waals surface area (Å²) in [5.74, 6) is 0. The zero-order valence-corrected chi connectivity index (χ0v) is 6.72.